The van der Waals surface area contributed by atoms with E-state index < -0.39 is 18.1 Å². The molecule has 11 aromatic rings. The number of rotatable bonds is 4. The predicted molar refractivity (Wildman–Crippen MR) is 208 cm³/mol. The Morgan fingerprint density at radius 1 is 0.373 bits per heavy atom. The molecule has 0 unspecified atom stereocenters. The van der Waals surface area contributed by atoms with E-state index in [4.69, 9.17) is 21.8 Å². The second-order valence-electron chi connectivity index (χ2n) is 12.5. The summed E-state index contributed by atoms with van der Waals surface area (Å²) in [6, 6.07) is 44.4. The van der Waals surface area contributed by atoms with Crippen LogP contribution in [0.3, 0.4) is 0 Å². The lowest BCUT2D eigenvalue weighted by atomic mass is 10.1. The highest BCUT2D eigenvalue weighted by Gasteiger charge is 2.24. The van der Waals surface area contributed by atoms with Gasteiger partial charge in [0.1, 0.15) is 0 Å². The van der Waals surface area contributed by atoms with Crippen molar-refractivity contribution in [3.05, 3.63) is 170 Å². The Morgan fingerprint density at radius 3 is 1.37 bits per heavy atom. The second kappa shape index (κ2) is 10.7. The summed E-state index contributed by atoms with van der Waals surface area (Å²) in [5.74, 6) is 1.29. The van der Waals surface area contributed by atoms with E-state index in [2.05, 4.69) is 47.0 Å². The van der Waals surface area contributed by atoms with Gasteiger partial charge in [-0.25, -0.2) is 0 Å². The van der Waals surface area contributed by atoms with E-state index in [9.17, 15) is 0 Å². The van der Waals surface area contributed by atoms with Crippen molar-refractivity contribution in [3.63, 3.8) is 0 Å². The fourth-order valence-corrected chi connectivity index (χ4v) is 7.70. The molecular formula is C45H28N6. The summed E-state index contributed by atoms with van der Waals surface area (Å²) in [6.07, 6.45) is 0. The second-order valence-corrected chi connectivity index (χ2v) is 12.5. The number of nitrogens with zero attached hydrogens (tertiary/aromatic N) is 6. The van der Waals surface area contributed by atoms with Crippen LogP contribution < -0.4 is 0 Å². The first-order chi connectivity index (χ1) is 27.4. The highest BCUT2D eigenvalue weighted by atomic mass is 15.3. The molecule has 4 aromatic heterocycles. The summed E-state index contributed by atoms with van der Waals surface area (Å²) in [5.41, 5.74) is 5.73. The van der Waals surface area contributed by atoms with Gasteiger partial charge in [-0.1, -0.05) is 133 Å². The number of hydrogen-bond acceptors (Lipinski definition) is 3. The molecule has 4 heterocycles. The lowest BCUT2D eigenvalue weighted by molar-refractivity contribution is 0.893. The van der Waals surface area contributed by atoms with Gasteiger partial charge < -0.3 is 4.57 Å². The van der Waals surface area contributed by atoms with Crippen LogP contribution in [0.5, 0.6) is 0 Å². The van der Waals surface area contributed by atoms with Gasteiger partial charge in [0.2, 0.25) is 11.9 Å². The van der Waals surface area contributed by atoms with Crippen molar-refractivity contribution in [3.8, 4) is 29.0 Å². The molecule has 0 fully saturated rings. The molecule has 0 spiro atoms. The first-order valence-electron chi connectivity index (χ1n) is 19.2. The summed E-state index contributed by atoms with van der Waals surface area (Å²) in [7, 11) is 0. The molecule has 0 saturated heterocycles. The number of aromatic nitrogens is 6. The van der Waals surface area contributed by atoms with E-state index in [0.29, 0.717) is 28.8 Å². The van der Waals surface area contributed by atoms with Crippen molar-refractivity contribution in [1.82, 2.24) is 28.7 Å². The van der Waals surface area contributed by atoms with Gasteiger partial charge in [-0.15, -0.1) is 0 Å². The zero-order chi connectivity index (χ0) is 37.8. The maximum Gasteiger partial charge on any atom is 0.240 e. The van der Waals surface area contributed by atoms with Crippen LogP contribution in [0.2, 0.25) is 0 Å². The Hall–Kier alpha value is -7.05. The summed E-state index contributed by atoms with van der Waals surface area (Å²) in [5, 5.41) is 5.72. The van der Waals surface area contributed by atoms with Crippen molar-refractivity contribution in [1.29, 1.82) is 0 Å². The van der Waals surface area contributed by atoms with Crippen LogP contribution in [0.1, 0.15) is 6.85 Å². The van der Waals surface area contributed by atoms with Crippen LogP contribution in [0.15, 0.2) is 170 Å². The van der Waals surface area contributed by atoms with Crippen LogP contribution in [0.25, 0.3) is 94.4 Å². The third kappa shape index (κ3) is 4.01. The van der Waals surface area contributed by atoms with Crippen molar-refractivity contribution in [2.24, 2.45) is 0 Å². The highest BCUT2D eigenvalue weighted by molar-refractivity contribution is 6.23. The van der Waals surface area contributed by atoms with Crippen molar-refractivity contribution >= 4 is 65.4 Å². The molecule has 7 aromatic carbocycles. The monoisotopic (exact) mass is 657 g/mol. The van der Waals surface area contributed by atoms with Crippen molar-refractivity contribution in [2.45, 2.75) is 0 Å². The topological polar surface area (TPSA) is 53.5 Å². The molecule has 0 amide bonds. The summed E-state index contributed by atoms with van der Waals surface area (Å²) >= 11 is 0. The maximum absolute atomic E-state index is 9.12. The zero-order valence-corrected chi connectivity index (χ0v) is 27.0. The Kier molecular flexibility index (Phi) is 4.91. The molecule has 0 saturated carbocycles. The molecule has 6 heteroatoms. The third-order valence-electron chi connectivity index (χ3n) is 9.80. The predicted octanol–water partition coefficient (Wildman–Crippen LogP) is 10.8. The van der Waals surface area contributed by atoms with Gasteiger partial charge in [0.25, 0.3) is 0 Å². The summed E-state index contributed by atoms with van der Waals surface area (Å²) in [4.78, 5) is 15.7. The van der Waals surface area contributed by atoms with Gasteiger partial charge in [-0.3, -0.25) is 9.13 Å². The lowest BCUT2D eigenvalue weighted by Gasteiger charge is -2.14. The minimum Gasteiger partial charge on any atom is -0.307 e. The maximum atomic E-state index is 9.12. The van der Waals surface area contributed by atoms with E-state index in [1.54, 1.807) is 0 Å². The first kappa shape index (κ1) is 23.3. The molecule has 0 aliphatic rings. The van der Waals surface area contributed by atoms with Crippen LogP contribution in [-0.2, 0) is 0 Å². The standard InChI is InChI=1S/C45H28N6/c1-3-15-29(16-4-1)43-46-44(50-38-24-12-7-19-31(38)32-20-8-13-25-39(32)50)48-45(47-43)51-40-26-14-10-22-34(40)36-28-27-35-33-21-9-11-23-37(33)49(41(35)42(36)51)30-17-5-2-6-18-30/h1-28H/i2D,5D,6D,17D,18D. The fourth-order valence-electron chi connectivity index (χ4n) is 7.70. The number of hydrogen-bond donors (Lipinski definition) is 0. The summed E-state index contributed by atoms with van der Waals surface area (Å²) in [6.45, 7) is 0. The number of benzene rings is 7. The average molecular weight is 658 g/mol. The van der Waals surface area contributed by atoms with Crippen molar-refractivity contribution < 1.29 is 6.85 Å². The third-order valence-corrected chi connectivity index (χ3v) is 9.80. The molecule has 11 rings (SSSR count). The van der Waals surface area contributed by atoms with Crippen LogP contribution >= 0.6 is 0 Å². The smallest absolute Gasteiger partial charge is 0.240 e. The molecule has 0 atom stereocenters. The van der Waals surface area contributed by atoms with E-state index in [0.717, 1.165) is 59.9 Å². The highest BCUT2D eigenvalue weighted by Crippen LogP contribution is 2.41. The first-order valence-corrected chi connectivity index (χ1v) is 16.7. The Bertz CT molecular complexity index is 3360. The number of fused-ring (bicyclic) bond motifs is 10. The normalized spacial score (nSPS) is 13.3. The SMILES string of the molecule is [2H]c1c([2H])c([2H])c(-n2c3ccccc3c3ccc4c5ccccc5n(-c5nc(-c6ccccc6)nc(-n6c7ccccc7c7ccccc76)n5)c4c32)c([2H])c1[2H]. The zero-order valence-electron chi connectivity index (χ0n) is 32.0. The molecular weight excluding hydrogens is 625 g/mol. The van der Waals surface area contributed by atoms with Gasteiger partial charge in [0, 0.05) is 43.6 Å². The summed E-state index contributed by atoms with van der Waals surface area (Å²) < 4.78 is 49.8. The Balaban J connectivity index is 1.34. The van der Waals surface area contributed by atoms with Gasteiger partial charge in [-0.2, -0.15) is 15.0 Å². The lowest BCUT2D eigenvalue weighted by Crippen LogP contribution is -2.10. The minimum atomic E-state index is -0.444. The molecule has 0 N–H and O–H groups in total. The molecule has 238 valence electrons. The molecule has 0 aliphatic carbocycles. The van der Waals surface area contributed by atoms with Crippen LogP contribution in [0.4, 0.5) is 0 Å². The quantitative estimate of drug-likeness (QED) is 0.189. The molecule has 0 radical (unpaired) electrons. The molecule has 0 aliphatic heterocycles. The largest absolute Gasteiger partial charge is 0.307 e. The molecule has 6 nitrogen and oxygen atoms in total. The fraction of sp³-hybridized carbons (Fsp3) is 0. The van der Waals surface area contributed by atoms with Gasteiger partial charge in [0.15, 0.2) is 5.82 Å². The Labute approximate surface area is 299 Å². The van der Waals surface area contributed by atoms with Gasteiger partial charge in [0.05, 0.1) is 40.0 Å². The van der Waals surface area contributed by atoms with Crippen LogP contribution in [-0.4, -0.2) is 28.7 Å². The van der Waals surface area contributed by atoms with Gasteiger partial charge in [-0.05, 0) is 36.4 Å². The Morgan fingerprint density at radius 2 is 0.804 bits per heavy atom. The van der Waals surface area contributed by atoms with E-state index in [1.165, 1.54) is 0 Å². The number of para-hydroxylation sites is 5. The molecule has 0 bridgehead atoms. The minimum absolute atomic E-state index is 0.0677. The van der Waals surface area contributed by atoms with E-state index in [-0.39, 0.29) is 17.8 Å². The van der Waals surface area contributed by atoms with E-state index in [1.807, 2.05) is 106 Å². The van der Waals surface area contributed by atoms with Crippen LogP contribution in [0, 0.1) is 0 Å². The average Bonchev–Trinajstić information content (AvgIpc) is 3.89. The van der Waals surface area contributed by atoms with Crippen molar-refractivity contribution in [2.75, 3.05) is 0 Å². The van der Waals surface area contributed by atoms with E-state index >= 15 is 0 Å². The molecule has 51 heavy (non-hydrogen) atoms. The van der Waals surface area contributed by atoms with Gasteiger partial charge >= 0.3 is 0 Å².